The number of aromatic nitrogens is 1. The van der Waals surface area contributed by atoms with Crippen LogP contribution in [0.15, 0.2) is 42.5 Å². The van der Waals surface area contributed by atoms with E-state index in [2.05, 4.69) is 16.9 Å². The van der Waals surface area contributed by atoms with Crippen molar-refractivity contribution < 1.29 is 14.6 Å². The second-order valence-corrected chi connectivity index (χ2v) is 4.82. The number of hydrogen-bond donors (Lipinski definition) is 2. The minimum Gasteiger partial charge on any atom is -0.477 e. The van der Waals surface area contributed by atoms with Crippen LogP contribution in [0.4, 0.5) is 5.82 Å². The normalized spacial score (nSPS) is 10.5. The zero-order chi connectivity index (χ0) is 15.2. The highest BCUT2D eigenvalue weighted by atomic mass is 16.5. The number of nitrogens with zero attached hydrogens (tertiary/aromatic N) is 1. The summed E-state index contributed by atoms with van der Waals surface area (Å²) in [4.78, 5) is 15.3. The molecule has 2 N–H and O–H groups in total. The van der Waals surface area contributed by atoms with Crippen LogP contribution in [0.25, 0.3) is 10.8 Å². The van der Waals surface area contributed by atoms with Gasteiger partial charge in [0.2, 0.25) is 0 Å². The SMILES string of the molecule is C=C(C)COCCNc1nc(C(=O)O)cc2ccccc12. The van der Waals surface area contributed by atoms with E-state index in [-0.39, 0.29) is 5.69 Å². The van der Waals surface area contributed by atoms with Gasteiger partial charge in [-0.3, -0.25) is 0 Å². The number of pyridine rings is 1. The molecule has 1 aromatic carbocycles. The molecular formula is C16H18N2O3. The first kappa shape index (κ1) is 15.0. The fraction of sp³-hybridized carbons (Fsp3) is 0.250. The summed E-state index contributed by atoms with van der Waals surface area (Å²) in [6.45, 7) is 7.23. The van der Waals surface area contributed by atoms with Crippen LogP contribution in [0.2, 0.25) is 0 Å². The highest BCUT2D eigenvalue weighted by molar-refractivity contribution is 5.97. The number of nitrogens with one attached hydrogen (secondary N) is 1. The second kappa shape index (κ2) is 6.85. The molecule has 0 fully saturated rings. The molecule has 0 aliphatic heterocycles. The number of anilines is 1. The van der Waals surface area contributed by atoms with E-state index in [1.165, 1.54) is 0 Å². The van der Waals surface area contributed by atoms with E-state index in [1.807, 2.05) is 31.2 Å². The standard InChI is InChI=1S/C16H18N2O3/c1-11(2)10-21-8-7-17-15-13-6-4-3-5-12(13)9-14(18-15)16(19)20/h3-6,9H,1,7-8,10H2,2H3,(H,17,18)(H,19,20). The summed E-state index contributed by atoms with van der Waals surface area (Å²) in [6, 6.07) is 9.11. The fourth-order valence-electron chi connectivity index (χ4n) is 1.93. The number of carboxylic acids is 1. The molecule has 0 spiro atoms. The van der Waals surface area contributed by atoms with Crippen LogP contribution in [0.5, 0.6) is 0 Å². The Bertz CT molecular complexity index is 668. The molecule has 0 unspecified atom stereocenters. The van der Waals surface area contributed by atoms with Crippen molar-refractivity contribution in [2.45, 2.75) is 6.92 Å². The van der Waals surface area contributed by atoms with Gasteiger partial charge in [0.05, 0.1) is 13.2 Å². The first-order chi connectivity index (χ1) is 10.1. The third kappa shape index (κ3) is 4.03. The smallest absolute Gasteiger partial charge is 0.354 e. The average Bonchev–Trinajstić information content (AvgIpc) is 2.46. The lowest BCUT2D eigenvalue weighted by atomic mass is 10.1. The number of ether oxygens (including phenoxy) is 1. The maximum Gasteiger partial charge on any atom is 0.354 e. The maximum atomic E-state index is 11.1. The molecule has 0 aliphatic carbocycles. The third-order valence-corrected chi connectivity index (χ3v) is 2.85. The number of rotatable bonds is 7. The monoisotopic (exact) mass is 286 g/mol. The lowest BCUT2D eigenvalue weighted by Crippen LogP contribution is -2.13. The molecule has 2 rings (SSSR count). The van der Waals surface area contributed by atoms with Gasteiger partial charge >= 0.3 is 5.97 Å². The van der Waals surface area contributed by atoms with E-state index in [1.54, 1.807) is 6.07 Å². The summed E-state index contributed by atoms with van der Waals surface area (Å²) in [7, 11) is 0. The molecule has 110 valence electrons. The Hall–Kier alpha value is -2.40. The zero-order valence-corrected chi connectivity index (χ0v) is 11.9. The van der Waals surface area contributed by atoms with E-state index in [0.717, 1.165) is 16.3 Å². The molecule has 0 saturated heterocycles. The minimum atomic E-state index is -1.04. The van der Waals surface area contributed by atoms with E-state index >= 15 is 0 Å². The van der Waals surface area contributed by atoms with Gasteiger partial charge in [-0.25, -0.2) is 9.78 Å². The van der Waals surface area contributed by atoms with Gasteiger partial charge in [-0.2, -0.15) is 0 Å². The van der Waals surface area contributed by atoms with Gasteiger partial charge in [0, 0.05) is 11.9 Å². The predicted octanol–water partition coefficient (Wildman–Crippen LogP) is 2.94. The average molecular weight is 286 g/mol. The summed E-state index contributed by atoms with van der Waals surface area (Å²) in [5, 5.41) is 14.0. The molecule has 2 aromatic rings. The predicted molar refractivity (Wildman–Crippen MR) is 82.8 cm³/mol. The van der Waals surface area contributed by atoms with Crippen molar-refractivity contribution in [3.8, 4) is 0 Å². The second-order valence-electron chi connectivity index (χ2n) is 4.82. The summed E-state index contributed by atoms with van der Waals surface area (Å²) < 4.78 is 5.40. The van der Waals surface area contributed by atoms with Crippen LogP contribution in [-0.4, -0.2) is 35.8 Å². The van der Waals surface area contributed by atoms with E-state index in [9.17, 15) is 4.79 Å². The molecule has 0 radical (unpaired) electrons. The minimum absolute atomic E-state index is 0.0269. The Morgan fingerprint density at radius 3 is 2.90 bits per heavy atom. The van der Waals surface area contributed by atoms with Crippen LogP contribution in [0, 0.1) is 0 Å². The van der Waals surface area contributed by atoms with Crippen molar-refractivity contribution in [3.05, 3.63) is 48.2 Å². The van der Waals surface area contributed by atoms with Gasteiger partial charge in [-0.05, 0) is 18.4 Å². The molecular weight excluding hydrogens is 268 g/mol. The van der Waals surface area contributed by atoms with Crippen LogP contribution in [0.1, 0.15) is 17.4 Å². The first-order valence-electron chi connectivity index (χ1n) is 6.67. The number of fused-ring (bicyclic) bond motifs is 1. The van der Waals surface area contributed by atoms with Crippen molar-refractivity contribution in [1.82, 2.24) is 4.98 Å². The Morgan fingerprint density at radius 1 is 1.43 bits per heavy atom. The molecule has 1 heterocycles. The third-order valence-electron chi connectivity index (χ3n) is 2.85. The van der Waals surface area contributed by atoms with Gasteiger partial charge in [-0.15, -0.1) is 0 Å². The van der Waals surface area contributed by atoms with Crippen molar-refractivity contribution in [2.24, 2.45) is 0 Å². The lowest BCUT2D eigenvalue weighted by Gasteiger charge is -2.10. The number of aromatic carboxylic acids is 1. The van der Waals surface area contributed by atoms with Gasteiger partial charge in [-0.1, -0.05) is 36.4 Å². The Labute approximate surface area is 123 Å². The maximum absolute atomic E-state index is 11.1. The number of carboxylic acid groups (broad SMARTS) is 1. The molecule has 1 aromatic heterocycles. The van der Waals surface area contributed by atoms with Gasteiger partial charge < -0.3 is 15.2 Å². The van der Waals surface area contributed by atoms with Gasteiger partial charge in [0.15, 0.2) is 5.69 Å². The van der Waals surface area contributed by atoms with Crippen molar-refractivity contribution in [2.75, 3.05) is 25.1 Å². The number of hydrogen-bond acceptors (Lipinski definition) is 4. The Kier molecular flexibility index (Phi) is 4.90. The lowest BCUT2D eigenvalue weighted by molar-refractivity contribution is 0.0691. The molecule has 5 heteroatoms. The summed E-state index contributed by atoms with van der Waals surface area (Å²) in [5.41, 5.74) is 0.991. The summed E-state index contributed by atoms with van der Waals surface area (Å²) in [5.74, 6) is -0.480. The van der Waals surface area contributed by atoms with E-state index in [4.69, 9.17) is 9.84 Å². The van der Waals surface area contributed by atoms with E-state index < -0.39 is 5.97 Å². The van der Waals surface area contributed by atoms with Crippen molar-refractivity contribution >= 4 is 22.6 Å². The fourth-order valence-corrected chi connectivity index (χ4v) is 1.93. The van der Waals surface area contributed by atoms with Crippen molar-refractivity contribution in [3.63, 3.8) is 0 Å². The topological polar surface area (TPSA) is 71.5 Å². The van der Waals surface area contributed by atoms with Gasteiger partial charge in [0.1, 0.15) is 5.82 Å². The van der Waals surface area contributed by atoms with Crippen LogP contribution < -0.4 is 5.32 Å². The quantitative estimate of drug-likeness (QED) is 0.605. The van der Waals surface area contributed by atoms with Gasteiger partial charge in [0.25, 0.3) is 0 Å². The molecule has 5 nitrogen and oxygen atoms in total. The van der Waals surface area contributed by atoms with Crippen LogP contribution >= 0.6 is 0 Å². The molecule has 0 aliphatic rings. The number of carbonyl (C=O) groups is 1. The highest BCUT2D eigenvalue weighted by Crippen LogP contribution is 2.22. The summed E-state index contributed by atoms with van der Waals surface area (Å²) >= 11 is 0. The molecule has 0 saturated carbocycles. The van der Waals surface area contributed by atoms with Crippen LogP contribution in [-0.2, 0) is 4.74 Å². The first-order valence-corrected chi connectivity index (χ1v) is 6.67. The number of benzene rings is 1. The highest BCUT2D eigenvalue weighted by Gasteiger charge is 2.10. The molecule has 0 atom stereocenters. The molecule has 21 heavy (non-hydrogen) atoms. The van der Waals surface area contributed by atoms with Crippen LogP contribution in [0.3, 0.4) is 0 Å². The van der Waals surface area contributed by atoms with E-state index in [0.29, 0.717) is 25.6 Å². The Balaban J connectivity index is 2.13. The summed E-state index contributed by atoms with van der Waals surface area (Å²) in [6.07, 6.45) is 0. The molecule has 0 amide bonds. The molecule has 0 bridgehead atoms. The Morgan fingerprint density at radius 2 is 2.19 bits per heavy atom. The zero-order valence-electron chi connectivity index (χ0n) is 11.9. The van der Waals surface area contributed by atoms with Crippen molar-refractivity contribution in [1.29, 1.82) is 0 Å². The largest absolute Gasteiger partial charge is 0.477 e.